The van der Waals surface area contributed by atoms with Crippen LogP contribution in [0, 0.1) is 5.92 Å². The van der Waals surface area contributed by atoms with E-state index >= 15 is 0 Å². The molecule has 0 aliphatic carbocycles. The number of halogens is 1. The zero-order valence-electron chi connectivity index (χ0n) is 10.5. The van der Waals surface area contributed by atoms with Crippen molar-refractivity contribution in [3.05, 3.63) is 29.0 Å². The van der Waals surface area contributed by atoms with Crippen molar-refractivity contribution < 1.29 is 0 Å². The lowest BCUT2D eigenvalue weighted by molar-refractivity contribution is 0.511. The molecule has 3 nitrogen and oxygen atoms in total. The molecule has 4 heteroatoms. The fraction of sp³-hybridized carbons (Fsp3) is 0.462. The highest BCUT2D eigenvalue weighted by atomic mass is 35.5. The SMILES string of the molecule is CNCc1nc2cc(Cl)ccc2n1CC(C)C. The summed E-state index contributed by atoms with van der Waals surface area (Å²) in [4.78, 5) is 4.63. The molecule has 0 fully saturated rings. The molecule has 1 N–H and O–H groups in total. The van der Waals surface area contributed by atoms with Gasteiger partial charge in [0.15, 0.2) is 0 Å². The smallest absolute Gasteiger partial charge is 0.123 e. The molecule has 0 aliphatic rings. The second-order valence-corrected chi connectivity index (χ2v) is 5.13. The van der Waals surface area contributed by atoms with Gasteiger partial charge in [0.2, 0.25) is 0 Å². The second-order valence-electron chi connectivity index (χ2n) is 4.70. The Bertz CT molecular complexity index is 517. The summed E-state index contributed by atoms with van der Waals surface area (Å²) in [6, 6.07) is 5.89. The van der Waals surface area contributed by atoms with Gasteiger partial charge in [-0.15, -0.1) is 0 Å². The van der Waals surface area contributed by atoms with E-state index in [0.29, 0.717) is 5.92 Å². The van der Waals surface area contributed by atoms with Gasteiger partial charge in [0, 0.05) is 11.6 Å². The number of hydrogen-bond acceptors (Lipinski definition) is 2. The molecule has 0 atom stereocenters. The average Bonchev–Trinajstić information content (AvgIpc) is 2.56. The van der Waals surface area contributed by atoms with Crippen LogP contribution in [0.1, 0.15) is 19.7 Å². The summed E-state index contributed by atoms with van der Waals surface area (Å²) in [5, 5.41) is 3.90. The number of fused-ring (bicyclic) bond motifs is 1. The summed E-state index contributed by atoms with van der Waals surface area (Å²) in [5.41, 5.74) is 2.14. The number of nitrogens with zero attached hydrogens (tertiary/aromatic N) is 2. The highest BCUT2D eigenvalue weighted by molar-refractivity contribution is 6.31. The lowest BCUT2D eigenvalue weighted by Gasteiger charge is -2.11. The van der Waals surface area contributed by atoms with E-state index in [1.54, 1.807) is 0 Å². The summed E-state index contributed by atoms with van der Waals surface area (Å²) in [6.45, 7) is 6.18. The maximum Gasteiger partial charge on any atom is 0.123 e. The quantitative estimate of drug-likeness (QED) is 0.905. The Morgan fingerprint density at radius 3 is 2.82 bits per heavy atom. The first-order valence-electron chi connectivity index (χ1n) is 5.91. The topological polar surface area (TPSA) is 29.9 Å². The zero-order chi connectivity index (χ0) is 12.4. The number of aromatic nitrogens is 2. The largest absolute Gasteiger partial charge is 0.327 e. The van der Waals surface area contributed by atoms with Gasteiger partial charge in [-0.3, -0.25) is 0 Å². The van der Waals surface area contributed by atoms with E-state index in [2.05, 4.69) is 28.7 Å². The molecule has 2 rings (SSSR count). The van der Waals surface area contributed by atoms with Gasteiger partial charge in [-0.05, 0) is 31.2 Å². The van der Waals surface area contributed by atoms with Crippen LogP contribution in [-0.2, 0) is 13.1 Å². The van der Waals surface area contributed by atoms with Gasteiger partial charge < -0.3 is 9.88 Å². The highest BCUT2D eigenvalue weighted by Gasteiger charge is 2.11. The second kappa shape index (κ2) is 5.07. The molecule has 0 amide bonds. The first-order chi connectivity index (χ1) is 8.11. The van der Waals surface area contributed by atoms with E-state index in [0.717, 1.165) is 35.0 Å². The van der Waals surface area contributed by atoms with Gasteiger partial charge in [-0.2, -0.15) is 0 Å². The maximum absolute atomic E-state index is 6.00. The molecular formula is C13H18ClN3. The van der Waals surface area contributed by atoms with Gasteiger partial charge in [0.1, 0.15) is 5.82 Å². The fourth-order valence-electron chi connectivity index (χ4n) is 2.01. The maximum atomic E-state index is 6.00. The predicted octanol–water partition coefficient (Wildman–Crippen LogP) is 3.07. The molecule has 1 aromatic heterocycles. The minimum Gasteiger partial charge on any atom is -0.327 e. The summed E-state index contributed by atoms with van der Waals surface area (Å²) in [7, 11) is 1.94. The molecule has 0 radical (unpaired) electrons. The van der Waals surface area contributed by atoms with Crippen molar-refractivity contribution in [3.63, 3.8) is 0 Å². The van der Waals surface area contributed by atoms with Crippen molar-refractivity contribution in [1.29, 1.82) is 0 Å². The molecule has 0 spiro atoms. The fourth-order valence-corrected chi connectivity index (χ4v) is 2.18. The highest BCUT2D eigenvalue weighted by Crippen LogP contribution is 2.21. The van der Waals surface area contributed by atoms with Crippen molar-refractivity contribution in [1.82, 2.24) is 14.9 Å². The van der Waals surface area contributed by atoms with Crippen molar-refractivity contribution in [2.75, 3.05) is 7.05 Å². The molecule has 92 valence electrons. The summed E-state index contributed by atoms with van der Waals surface area (Å²) < 4.78 is 2.27. The van der Waals surface area contributed by atoms with Crippen LogP contribution in [0.5, 0.6) is 0 Å². The molecule has 1 heterocycles. The summed E-state index contributed by atoms with van der Waals surface area (Å²) in [6.07, 6.45) is 0. The van der Waals surface area contributed by atoms with Crippen molar-refractivity contribution in [2.45, 2.75) is 26.9 Å². The van der Waals surface area contributed by atoms with Crippen molar-refractivity contribution >= 4 is 22.6 Å². The predicted molar refractivity (Wildman–Crippen MR) is 72.3 cm³/mol. The number of rotatable bonds is 4. The van der Waals surface area contributed by atoms with Crippen LogP contribution < -0.4 is 5.32 Å². The molecule has 0 saturated heterocycles. The third kappa shape index (κ3) is 2.61. The number of nitrogens with one attached hydrogen (secondary N) is 1. The molecule has 2 aromatic rings. The minimum absolute atomic E-state index is 0.596. The molecule has 0 unspecified atom stereocenters. The normalized spacial score (nSPS) is 11.6. The lowest BCUT2D eigenvalue weighted by Crippen LogP contribution is -2.14. The van der Waals surface area contributed by atoms with Crippen LogP contribution in [0.4, 0.5) is 0 Å². The zero-order valence-corrected chi connectivity index (χ0v) is 11.3. The average molecular weight is 252 g/mol. The van der Waals surface area contributed by atoms with E-state index in [9.17, 15) is 0 Å². The molecule has 1 aromatic carbocycles. The van der Waals surface area contributed by atoms with E-state index < -0.39 is 0 Å². The van der Waals surface area contributed by atoms with Crippen LogP contribution in [-0.4, -0.2) is 16.6 Å². The van der Waals surface area contributed by atoms with Crippen LogP contribution in [0.2, 0.25) is 5.02 Å². The van der Waals surface area contributed by atoms with Crippen LogP contribution >= 0.6 is 11.6 Å². The number of hydrogen-bond donors (Lipinski definition) is 1. The van der Waals surface area contributed by atoms with Crippen LogP contribution in [0.15, 0.2) is 18.2 Å². The van der Waals surface area contributed by atoms with Crippen LogP contribution in [0.3, 0.4) is 0 Å². The third-order valence-corrected chi connectivity index (χ3v) is 2.91. The molecular weight excluding hydrogens is 234 g/mol. The lowest BCUT2D eigenvalue weighted by atomic mass is 10.2. The van der Waals surface area contributed by atoms with Gasteiger partial charge in [0.25, 0.3) is 0 Å². The van der Waals surface area contributed by atoms with Gasteiger partial charge in [-0.1, -0.05) is 25.4 Å². The Kier molecular flexibility index (Phi) is 3.69. The van der Waals surface area contributed by atoms with E-state index in [4.69, 9.17) is 11.6 Å². The Morgan fingerprint density at radius 1 is 1.41 bits per heavy atom. The molecule has 0 bridgehead atoms. The first kappa shape index (κ1) is 12.4. The Morgan fingerprint density at radius 2 is 2.18 bits per heavy atom. The summed E-state index contributed by atoms with van der Waals surface area (Å²) in [5.74, 6) is 1.66. The Labute approximate surface area is 107 Å². The van der Waals surface area contributed by atoms with Crippen LogP contribution in [0.25, 0.3) is 11.0 Å². The monoisotopic (exact) mass is 251 g/mol. The van der Waals surface area contributed by atoms with Gasteiger partial charge in [0.05, 0.1) is 17.6 Å². The number of benzene rings is 1. The minimum atomic E-state index is 0.596. The first-order valence-corrected chi connectivity index (χ1v) is 6.29. The Balaban J connectivity index is 2.54. The van der Waals surface area contributed by atoms with Crippen molar-refractivity contribution in [2.24, 2.45) is 5.92 Å². The van der Waals surface area contributed by atoms with Crippen molar-refractivity contribution in [3.8, 4) is 0 Å². The van der Waals surface area contributed by atoms with Gasteiger partial charge in [-0.25, -0.2) is 4.98 Å². The van der Waals surface area contributed by atoms with Gasteiger partial charge >= 0.3 is 0 Å². The molecule has 0 saturated carbocycles. The summed E-state index contributed by atoms with van der Waals surface area (Å²) >= 11 is 6.00. The number of imidazole rings is 1. The van der Waals surface area contributed by atoms with E-state index in [1.165, 1.54) is 0 Å². The van der Waals surface area contributed by atoms with E-state index in [1.807, 2.05) is 25.2 Å². The molecule has 17 heavy (non-hydrogen) atoms. The Hall–Kier alpha value is -1.06. The van der Waals surface area contributed by atoms with E-state index in [-0.39, 0.29) is 0 Å². The standard InChI is InChI=1S/C13H18ClN3/c1-9(2)8-17-12-5-4-10(14)6-11(12)16-13(17)7-15-3/h4-6,9,15H,7-8H2,1-3H3. The third-order valence-electron chi connectivity index (χ3n) is 2.67. The molecule has 0 aliphatic heterocycles.